The third-order valence-electron chi connectivity index (χ3n) is 6.39. The molecule has 1 fully saturated rings. The lowest BCUT2D eigenvalue weighted by Gasteiger charge is -2.39. The molecule has 0 atom stereocenters. The Morgan fingerprint density at radius 2 is 1.83 bits per heavy atom. The van der Waals surface area contributed by atoms with Gasteiger partial charge in [-0.1, -0.05) is 31.5 Å². The summed E-state index contributed by atoms with van der Waals surface area (Å²) >= 11 is 6.06. The van der Waals surface area contributed by atoms with Crippen molar-refractivity contribution < 1.29 is 4.39 Å². The van der Waals surface area contributed by atoms with Gasteiger partial charge in [-0.3, -0.25) is 14.2 Å². The minimum atomic E-state index is -0.738. The normalized spacial score (nSPS) is 15.1. The number of nitriles is 1. The highest BCUT2D eigenvalue weighted by Gasteiger charge is 2.31. The Labute approximate surface area is 205 Å². The van der Waals surface area contributed by atoms with Crippen LogP contribution in [-0.4, -0.2) is 27.2 Å². The molecule has 10 heteroatoms. The fraction of sp³-hybridized carbons (Fsp3) is 0.360. The van der Waals surface area contributed by atoms with Crippen molar-refractivity contribution in [3.8, 4) is 22.9 Å². The molecule has 1 aromatic carbocycles. The predicted octanol–water partition coefficient (Wildman–Crippen LogP) is 3.61. The van der Waals surface area contributed by atoms with Gasteiger partial charge in [-0.2, -0.15) is 5.26 Å². The van der Waals surface area contributed by atoms with Crippen LogP contribution in [0.15, 0.2) is 44.7 Å². The van der Waals surface area contributed by atoms with E-state index in [-0.39, 0.29) is 34.1 Å². The molecule has 1 N–H and O–H groups in total. The predicted molar refractivity (Wildman–Crippen MR) is 133 cm³/mol. The Hall–Kier alpha value is -3.64. The molecule has 0 amide bonds. The molecule has 0 saturated carbocycles. The third kappa shape index (κ3) is 4.66. The molecule has 1 aliphatic rings. The number of hydrogen-bond donors (Lipinski definition) is 1. The first-order chi connectivity index (χ1) is 16.5. The van der Waals surface area contributed by atoms with E-state index in [1.165, 1.54) is 22.8 Å². The average Bonchev–Trinajstić information content (AvgIpc) is 2.77. The Bertz CT molecular complexity index is 1520. The number of benzene rings is 1. The number of halogens is 2. The molecule has 4 rings (SSSR count). The molecule has 1 aliphatic heterocycles. The maximum atomic E-state index is 14.0. The molecule has 3 heterocycles. The number of aromatic amines is 1. The summed E-state index contributed by atoms with van der Waals surface area (Å²) in [4.78, 5) is 44.2. The van der Waals surface area contributed by atoms with Crippen molar-refractivity contribution in [2.24, 2.45) is 5.41 Å². The van der Waals surface area contributed by atoms with Crippen molar-refractivity contribution >= 4 is 17.4 Å². The Morgan fingerprint density at radius 3 is 2.43 bits per heavy atom. The standard InChI is InChI=1S/C25H25ClFN5O3/c1-15-12-17(14-20(33)29-15)32-23(34)21(16-4-5-19(27)18(26)13-16)22(31(11-8-28)24(32)35)30-9-6-25(2,3)7-10-30/h4-5,12-14H,6-7,9-11H2,1-3H3,(H,29,33). The van der Waals surface area contributed by atoms with Gasteiger partial charge >= 0.3 is 5.69 Å². The van der Waals surface area contributed by atoms with Crippen molar-refractivity contribution in [1.29, 1.82) is 5.26 Å². The molecule has 0 radical (unpaired) electrons. The van der Waals surface area contributed by atoms with Crippen LogP contribution >= 0.6 is 11.6 Å². The Balaban J connectivity index is 2.11. The first-order valence-electron chi connectivity index (χ1n) is 11.2. The van der Waals surface area contributed by atoms with Gasteiger partial charge in [0.05, 0.1) is 22.3 Å². The van der Waals surface area contributed by atoms with Gasteiger partial charge in [0, 0.05) is 24.8 Å². The van der Waals surface area contributed by atoms with E-state index in [0.717, 1.165) is 29.5 Å². The van der Waals surface area contributed by atoms with Crippen molar-refractivity contribution in [1.82, 2.24) is 14.1 Å². The van der Waals surface area contributed by atoms with Crippen LogP contribution in [0.25, 0.3) is 16.8 Å². The molecule has 2 aromatic heterocycles. The van der Waals surface area contributed by atoms with E-state index in [1.807, 2.05) is 11.0 Å². The molecule has 0 spiro atoms. The highest BCUT2D eigenvalue weighted by atomic mass is 35.5. The molecule has 0 bridgehead atoms. The molecule has 0 unspecified atom stereocenters. The second-order valence-electron chi connectivity index (χ2n) is 9.53. The first kappa shape index (κ1) is 24.5. The summed E-state index contributed by atoms with van der Waals surface area (Å²) in [5.41, 5.74) is -0.856. The van der Waals surface area contributed by atoms with Crippen molar-refractivity contribution in [3.05, 3.63) is 78.1 Å². The monoisotopic (exact) mass is 497 g/mol. The van der Waals surface area contributed by atoms with Crippen LogP contribution < -0.4 is 21.7 Å². The van der Waals surface area contributed by atoms with Crippen LogP contribution in [0.3, 0.4) is 0 Å². The largest absolute Gasteiger partial charge is 0.357 e. The highest BCUT2D eigenvalue weighted by Crippen LogP contribution is 2.36. The van der Waals surface area contributed by atoms with E-state index in [4.69, 9.17) is 11.6 Å². The molecule has 182 valence electrons. The smallest absolute Gasteiger partial charge is 0.338 e. The van der Waals surface area contributed by atoms with E-state index >= 15 is 0 Å². The zero-order valence-electron chi connectivity index (χ0n) is 19.7. The second-order valence-corrected chi connectivity index (χ2v) is 9.94. The van der Waals surface area contributed by atoms with Gasteiger partial charge in [0.25, 0.3) is 5.56 Å². The van der Waals surface area contributed by atoms with Crippen LogP contribution in [0.1, 0.15) is 32.4 Å². The lowest BCUT2D eigenvalue weighted by atomic mass is 9.82. The summed E-state index contributed by atoms with van der Waals surface area (Å²) in [6.45, 7) is 6.74. The minimum Gasteiger partial charge on any atom is -0.357 e. The number of aromatic nitrogens is 3. The number of H-pyrrole nitrogens is 1. The molecule has 35 heavy (non-hydrogen) atoms. The van der Waals surface area contributed by atoms with Gasteiger partial charge in [-0.15, -0.1) is 0 Å². The van der Waals surface area contributed by atoms with E-state index in [1.54, 1.807) is 6.92 Å². The zero-order chi connectivity index (χ0) is 25.5. The third-order valence-corrected chi connectivity index (χ3v) is 6.68. The van der Waals surface area contributed by atoms with Crippen LogP contribution in [0.2, 0.25) is 5.02 Å². The number of aryl methyl sites for hydroxylation is 1. The average molecular weight is 498 g/mol. The summed E-state index contributed by atoms with van der Waals surface area (Å²) in [7, 11) is 0. The van der Waals surface area contributed by atoms with E-state index < -0.39 is 22.6 Å². The number of nitrogens with one attached hydrogen (secondary N) is 1. The van der Waals surface area contributed by atoms with E-state index in [0.29, 0.717) is 24.3 Å². The molecule has 8 nitrogen and oxygen atoms in total. The fourth-order valence-corrected chi connectivity index (χ4v) is 4.61. The minimum absolute atomic E-state index is 0.0775. The van der Waals surface area contributed by atoms with Crippen molar-refractivity contribution in [2.45, 2.75) is 40.2 Å². The lowest BCUT2D eigenvalue weighted by Crippen LogP contribution is -2.46. The number of hydrogen-bond acceptors (Lipinski definition) is 5. The molecule has 0 aliphatic carbocycles. The van der Waals surface area contributed by atoms with E-state index in [9.17, 15) is 24.0 Å². The lowest BCUT2D eigenvalue weighted by molar-refractivity contribution is 0.278. The molecular weight excluding hydrogens is 473 g/mol. The summed E-state index contributed by atoms with van der Waals surface area (Å²) < 4.78 is 16.1. The number of anilines is 1. The number of piperidine rings is 1. The summed E-state index contributed by atoms with van der Waals surface area (Å²) in [6, 6.07) is 8.57. The van der Waals surface area contributed by atoms with Gasteiger partial charge < -0.3 is 9.88 Å². The summed E-state index contributed by atoms with van der Waals surface area (Å²) in [5, 5.41) is 9.39. The molecule has 1 saturated heterocycles. The van der Waals surface area contributed by atoms with Crippen LogP contribution in [0.5, 0.6) is 0 Å². The number of rotatable bonds is 4. The van der Waals surface area contributed by atoms with Gasteiger partial charge in [-0.25, -0.2) is 13.8 Å². The SMILES string of the molecule is Cc1cc(-n2c(=O)c(-c3ccc(F)c(Cl)c3)c(N3CCC(C)(C)CC3)n(CC#N)c2=O)cc(=O)[nH]1. The second kappa shape index (κ2) is 9.19. The fourth-order valence-electron chi connectivity index (χ4n) is 4.43. The van der Waals surface area contributed by atoms with Crippen LogP contribution in [0.4, 0.5) is 10.2 Å². The first-order valence-corrected chi connectivity index (χ1v) is 11.6. The summed E-state index contributed by atoms with van der Waals surface area (Å²) in [5.74, 6) is -0.356. The zero-order valence-corrected chi connectivity index (χ0v) is 20.4. The highest BCUT2D eigenvalue weighted by molar-refractivity contribution is 6.31. The van der Waals surface area contributed by atoms with Crippen molar-refractivity contribution in [3.63, 3.8) is 0 Å². The van der Waals surface area contributed by atoms with Crippen LogP contribution in [-0.2, 0) is 6.54 Å². The van der Waals surface area contributed by atoms with E-state index in [2.05, 4.69) is 18.8 Å². The Kier molecular flexibility index (Phi) is 6.43. The van der Waals surface area contributed by atoms with Gasteiger partial charge in [0.1, 0.15) is 18.2 Å². The summed E-state index contributed by atoms with van der Waals surface area (Å²) in [6.07, 6.45) is 1.63. The van der Waals surface area contributed by atoms with Crippen LogP contribution in [0, 0.1) is 29.5 Å². The van der Waals surface area contributed by atoms with Gasteiger partial charge in [0.15, 0.2) is 0 Å². The maximum Gasteiger partial charge on any atom is 0.338 e. The van der Waals surface area contributed by atoms with Gasteiger partial charge in [0.2, 0.25) is 5.56 Å². The topological polar surface area (TPSA) is 104 Å². The molecule has 3 aromatic rings. The number of pyridine rings is 1. The Morgan fingerprint density at radius 1 is 1.14 bits per heavy atom. The molecular formula is C25H25ClFN5O3. The van der Waals surface area contributed by atoms with Crippen molar-refractivity contribution in [2.75, 3.05) is 18.0 Å². The van der Waals surface area contributed by atoms with Gasteiger partial charge in [-0.05, 0) is 48.9 Å². The quantitative estimate of drug-likeness (QED) is 0.593. The number of nitrogens with zero attached hydrogens (tertiary/aromatic N) is 4. The maximum absolute atomic E-state index is 14.0.